The molecule has 2 rings (SSSR count). The van der Waals surface area contributed by atoms with Gasteiger partial charge in [-0.2, -0.15) is 0 Å². The summed E-state index contributed by atoms with van der Waals surface area (Å²) < 4.78 is 7.33. The Bertz CT molecular complexity index is 600. The Kier molecular flexibility index (Phi) is 3.51. The highest BCUT2D eigenvalue weighted by Crippen LogP contribution is 2.34. The summed E-state index contributed by atoms with van der Waals surface area (Å²) in [6.07, 6.45) is 0. The average molecular weight is 259 g/mol. The molecular formula is C15H21N3O. The molecule has 19 heavy (non-hydrogen) atoms. The number of anilines is 1. The molecule has 0 bridgehead atoms. The van der Waals surface area contributed by atoms with Gasteiger partial charge in [-0.1, -0.05) is 19.9 Å². The van der Waals surface area contributed by atoms with Gasteiger partial charge < -0.3 is 15.0 Å². The number of hydrogen-bond acceptors (Lipinski definition) is 3. The van der Waals surface area contributed by atoms with Crippen molar-refractivity contribution in [3.05, 3.63) is 29.5 Å². The van der Waals surface area contributed by atoms with Crippen LogP contribution in [0.15, 0.2) is 18.2 Å². The average Bonchev–Trinajstić information content (AvgIpc) is 2.65. The third kappa shape index (κ3) is 2.30. The van der Waals surface area contributed by atoms with Crippen LogP contribution >= 0.6 is 0 Å². The first-order valence-corrected chi connectivity index (χ1v) is 6.42. The Hall–Kier alpha value is -1.97. The minimum atomic E-state index is 0.464. The summed E-state index contributed by atoms with van der Waals surface area (Å²) >= 11 is 0. The minimum Gasteiger partial charge on any atom is -0.496 e. The van der Waals surface area contributed by atoms with Crippen molar-refractivity contribution in [2.45, 2.75) is 26.7 Å². The Morgan fingerprint density at radius 1 is 1.32 bits per heavy atom. The van der Waals surface area contributed by atoms with E-state index in [1.165, 1.54) is 5.56 Å². The maximum Gasteiger partial charge on any atom is 0.200 e. The first kappa shape index (κ1) is 13.5. The third-order valence-electron chi connectivity index (χ3n) is 3.56. The van der Waals surface area contributed by atoms with Gasteiger partial charge in [-0.3, -0.25) is 0 Å². The third-order valence-corrected chi connectivity index (χ3v) is 3.56. The molecule has 0 atom stereocenters. The van der Waals surface area contributed by atoms with E-state index in [1.807, 2.05) is 24.6 Å². The fourth-order valence-electron chi connectivity index (χ4n) is 2.13. The molecule has 0 radical (unpaired) electrons. The van der Waals surface area contributed by atoms with E-state index in [9.17, 15) is 0 Å². The van der Waals surface area contributed by atoms with E-state index in [4.69, 9.17) is 10.5 Å². The Labute approximate surface area is 114 Å². The summed E-state index contributed by atoms with van der Waals surface area (Å²) in [4.78, 5) is 4.45. The number of methoxy groups -OCH3 is 1. The van der Waals surface area contributed by atoms with Crippen LogP contribution < -0.4 is 10.5 Å². The van der Waals surface area contributed by atoms with E-state index in [0.717, 1.165) is 22.7 Å². The predicted molar refractivity (Wildman–Crippen MR) is 78.4 cm³/mol. The second-order valence-corrected chi connectivity index (χ2v) is 5.08. The van der Waals surface area contributed by atoms with Crippen molar-refractivity contribution in [1.29, 1.82) is 0 Å². The van der Waals surface area contributed by atoms with Gasteiger partial charge in [0.25, 0.3) is 0 Å². The molecular weight excluding hydrogens is 238 g/mol. The van der Waals surface area contributed by atoms with Crippen LogP contribution in [-0.2, 0) is 7.05 Å². The molecule has 0 aliphatic heterocycles. The van der Waals surface area contributed by atoms with Crippen LogP contribution in [0.3, 0.4) is 0 Å². The van der Waals surface area contributed by atoms with Gasteiger partial charge in [0.15, 0.2) is 0 Å². The van der Waals surface area contributed by atoms with Crippen molar-refractivity contribution in [2.75, 3.05) is 12.8 Å². The summed E-state index contributed by atoms with van der Waals surface area (Å²) in [6.45, 7) is 6.36. The fraction of sp³-hybridized carbons (Fsp3) is 0.400. The van der Waals surface area contributed by atoms with Gasteiger partial charge in [0.1, 0.15) is 5.75 Å². The normalized spacial score (nSPS) is 11.1. The Morgan fingerprint density at radius 3 is 2.47 bits per heavy atom. The summed E-state index contributed by atoms with van der Waals surface area (Å²) in [6, 6.07) is 6.22. The summed E-state index contributed by atoms with van der Waals surface area (Å²) in [5, 5.41) is 0. The first-order valence-electron chi connectivity index (χ1n) is 6.42. The van der Waals surface area contributed by atoms with Crippen LogP contribution in [-0.4, -0.2) is 16.7 Å². The maximum atomic E-state index is 5.88. The Morgan fingerprint density at radius 2 is 2.00 bits per heavy atom. The van der Waals surface area contributed by atoms with Crippen molar-refractivity contribution in [3.63, 3.8) is 0 Å². The number of imidazole rings is 1. The topological polar surface area (TPSA) is 53.1 Å². The number of nitrogen functional groups attached to an aromatic ring is 1. The lowest BCUT2D eigenvalue weighted by atomic mass is 9.98. The summed E-state index contributed by atoms with van der Waals surface area (Å²) in [7, 11) is 3.59. The molecule has 0 aliphatic rings. The standard InChI is InChI=1S/C15H21N3O/c1-9(2)11-6-7-13(19-5)12(8-11)14-10(3)18(4)15(16)17-14/h6-9H,1-5H3,(H2,16,17). The van der Waals surface area contributed by atoms with Crippen molar-refractivity contribution in [2.24, 2.45) is 7.05 Å². The lowest BCUT2D eigenvalue weighted by molar-refractivity contribution is 0.416. The van der Waals surface area contributed by atoms with Gasteiger partial charge in [0.05, 0.1) is 12.8 Å². The monoisotopic (exact) mass is 259 g/mol. The van der Waals surface area contributed by atoms with E-state index in [1.54, 1.807) is 7.11 Å². The van der Waals surface area contributed by atoms with Crippen molar-refractivity contribution in [3.8, 4) is 17.0 Å². The highest BCUT2D eigenvalue weighted by Gasteiger charge is 2.16. The van der Waals surface area contributed by atoms with Gasteiger partial charge >= 0.3 is 0 Å². The Balaban J connectivity index is 2.65. The summed E-state index contributed by atoms with van der Waals surface area (Å²) in [5.41, 5.74) is 10.1. The van der Waals surface area contributed by atoms with E-state index in [2.05, 4.69) is 31.0 Å². The number of benzene rings is 1. The van der Waals surface area contributed by atoms with Crippen LogP contribution in [0.2, 0.25) is 0 Å². The lowest BCUT2D eigenvalue weighted by Gasteiger charge is -2.12. The van der Waals surface area contributed by atoms with E-state index in [0.29, 0.717) is 11.9 Å². The van der Waals surface area contributed by atoms with Crippen molar-refractivity contribution in [1.82, 2.24) is 9.55 Å². The van der Waals surface area contributed by atoms with Gasteiger partial charge in [0.2, 0.25) is 5.95 Å². The van der Waals surface area contributed by atoms with Crippen LogP contribution in [0.4, 0.5) is 5.95 Å². The molecule has 1 aromatic carbocycles. The minimum absolute atomic E-state index is 0.464. The van der Waals surface area contributed by atoms with Crippen LogP contribution in [0, 0.1) is 6.92 Å². The number of nitrogens with zero attached hydrogens (tertiary/aromatic N) is 2. The molecule has 2 aromatic rings. The van der Waals surface area contributed by atoms with Gasteiger partial charge in [-0.15, -0.1) is 0 Å². The molecule has 4 heteroatoms. The fourth-order valence-corrected chi connectivity index (χ4v) is 2.13. The predicted octanol–water partition coefficient (Wildman–Crippen LogP) is 3.11. The molecule has 0 saturated carbocycles. The molecule has 1 aromatic heterocycles. The molecule has 0 amide bonds. The zero-order valence-corrected chi connectivity index (χ0v) is 12.2. The number of ether oxygens (including phenoxy) is 1. The molecule has 102 valence electrons. The van der Waals surface area contributed by atoms with E-state index in [-0.39, 0.29) is 0 Å². The molecule has 0 saturated heterocycles. The molecule has 0 aliphatic carbocycles. The SMILES string of the molecule is COc1ccc(C(C)C)cc1-c1nc(N)n(C)c1C. The quantitative estimate of drug-likeness (QED) is 0.921. The smallest absolute Gasteiger partial charge is 0.200 e. The molecule has 0 spiro atoms. The zero-order valence-electron chi connectivity index (χ0n) is 12.2. The van der Waals surface area contributed by atoms with E-state index < -0.39 is 0 Å². The highest BCUT2D eigenvalue weighted by atomic mass is 16.5. The van der Waals surface area contributed by atoms with Gasteiger partial charge in [0, 0.05) is 18.3 Å². The largest absolute Gasteiger partial charge is 0.496 e. The molecule has 2 N–H and O–H groups in total. The molecule has 4 nitrogen and oxygen atoms in total. The molecule has 0 fully saturated rings. The van der Waals surface area contributed by atoms with Crippen LogP contribution in [0.5, 0.6) is 5.75 Å². The number of hydrogen-bond donors (Lipinski definition) is 1. The number of rotatable bonds is 3. The number of nitrogens with two attached hydrogens (primary N) is 1. The van der Waals surface area contributed by atoms with Gasteiger partial charge in [-0.25, -0.2) is 4.98 Å². The van der Waals surface area contributed by atoms with Gasteiger partial charge in [-0.05, 0) is 30.5 Å². The van der Waals surface area contributed by atoms with Crippen molar-refractivity contribution < 1.29 is 4.74 Å². The first-order chi connectivity index (χ1) is 8.95. The van der Waals surface area contributed by atoms with Crippen LogP contribution in [0.25, 0.3) is 11.3 Å². The number of aromatic nitrogens is 2. The molecule has 0 unspecified atom stereocenters. The highest BCUT2D eigenvalue weighted by molar-refractivity contribution is 5.71. The maximum absolute atomic E-state index is 5.88. The van der Waals surface area contributed by atoms with Crippen LogP contribution in [0.1, 0.15) is 31.0 Å². The lowest BCUT2D eigenvalue weighted by Crippen LogP contribution is -1.98. The molecule has 1 heterocycles. The second kappa shape index (κ2) is 4.96. The summed E-state index contributed by atoms with van der Waals surface area (Å²) in [5.74, 6) is 1.81. The second-order valence-electron chi connectivity index (χ2n) is 5.08. The van der Waals surface area contributed by atoms with Crippen molar-refractivity contribution >= 4 is 5.95 Å². The zero-order chi connectivity index (χ0) is 14.2. The van der Waals surface area contributed by atoms with E-state index >= 15 is 0 Å².